The Morgan fingerprint density at radius 3 is 2.27 bits per heavy atom. The number of likely N-dealkylation sites (tertiary alicyclic amines) is 1. The number of hydrogen-bond donors (Lipinski definition) is 0. The number of amides is 1. The molecule has 2 aromatic rings. The molecule has 1 atom stereocenters. The van der Waals surface area contributed by atoms with Crippen LogP contribution < -0.4 is 0 Å². The first-order valence-electron chi connectivity index (χ1n) is 10.7. The molecule has 0 aliphatic carbocycles. The molecule has 10 heteroatoms. The molecule has 0 unspecified atom stereocenters. The zero-order chi connectivity index (χ0) is 24.0. The van der Waals surface area contributed by atoms with Gasteiger partial charge in [0.15, 0.2) is 4.90 Å². The first-order chi connectivity index (χ1) is 15.4. The van der Waals surface area contributed by atoms with Crippen LogP contribution in [-0.2, 0) is 14.8 Å². The van der Waals surface area contributed by atoms with Crippen LogP contribution in [0.2, 0.25) is 0 Å². The Bertz CT molecular complexity index is 1170. The molecule has 1 amide bonds. The topological polar surface area (TPSA) is 110 Å². The Kier molecular flexibility index (Phi) is 5.69. The van der Waals surface area contributed by atoms with Crippen LogP contribution in [0.4, 0.5) is 10.5 Å². The molecule has 33 heavy (non-hydrogen) atoms. The third-order valence-electron chi connectivity index (χ3n) is 6.16. The molecule has 0 saturated carbocycles. The fourth-order valence-electron chi connectivity index (χ4n) is 4.69. The van der Waals surface area contributed by atoms with E-state index in [9.17, 15) is 23.3 Å². The van der Waals surface area contributed by atoms with E-state index in [-0.39, 0.29) is 23.9 Å². The molecule has 2 saturated heterocycles. The van der Waals surface area contributed by atoms with Crippen molar-refractivity contribution in [3.05, 3.63) is 70.3 Å². The van der Waals surface area contributed by atoms with Gasteiger partial charge in [-0.15, -0.1) is 0 Å². The lowest BCUT2D eigenvalue weighted by Gasteiger charge is -2.49. The molecule has 1 spiro atoms. The number of nitrogens with zero attached hydrogens (tertiary/aromatic N) is 3. The van der Waals surface area contributed by atoms with Crippen molar-refractivity contribution < 1.29 is 22.9 Å². The molecular weight excluding hydrogens is 446 g/mol. The summed E-state index contributed by atoms with van der Waals surface area (Å²) in [6.45, 7) is 6.50. The zero-order valence-electron chi connectivity index (χ0n) is 18.8. The molecule has 0 aromatic heterocycles. The number of carbonyl (C=O) groups excluding carboxylic acids is 1. The summed E-state index contributed by atoms with van der Waals surface area (Å²) in [6.07, 6.45) is -0.430. The van der Waals surface area contributed by atoms with Gasteiger partial charge in [-0.05, 0) is 32.4 Å². The Labute approximate surface area is 193 Å². The summed E-state index contributed by atoms with van der Waals surface area (Å²) in [5.74, 6) is -0.0802. The van der Waals surface area contributed by atoms with Crippen LogP contribution in [0.25, 0.3) is 0 Å². The van der Waals surface area contributed by atoms with Crippen molar-refractivity contribution in [3.8, 4) is 0 Å². The predicted molar refractivity (Wildman–Crippen MR) is 121 cm³/mol. The fourth-order valence-corrected chi connectivity index (χ4v) is 6.48. The van der Waals surface area contributed by atoms with Crippen molar-refractivity contribution in [1.82, 2.24) is 9.21 Å². The van der Waals surface area contributed by atoms with E-state index >= 15 is 0 Å². The number of para-hydroxylation sites is 1. The average molecular weight is 474 g/mol. The summed E-state index contributed by atoms with van der Waals surface area (Å²) < 4.78 is 33.3. The first-order valence-corrected chi connectivity index (χ1v) is 12.1. The van der Waals surface area contributed by atoms with E-state index in [1.165, 1.54) is 28.6 Å². The molecule has 9 nitrogen and oxygen atoms in total. The van der Waals surface area contributed by atoms with Crippen LogP contribution in [0.15, 0.2) is 59.5 Å². The predicted octanol–water partition coefficient (Wildman–Crippen LogP) is 3.62. The van der Waals surface area contributed by atoms with Gasteiger partial charge in [-0.3, -0.25) is 10.1 Å². The zero-order valence-corrected chi connectivity index (χ0v) is 19.6. The van der Waals surface area contributed by atoms with E-state index in [1.807, 2.05) is 30.3 Å². The molecule has 2 fully saturated rings. The first kappa shape index (κ1) is 23.2. The number of carbonyl (C=O) groups is 1. The quantitative estimate of drug-likeness (QED) is 0.495. The van der Waals surface area contributed by atoms with Gasteiger partial charge in [0.05, 0.1) is 4.92 Å². The number of rotatable bonds is 4. The minimum atomic E-state index is -4.06. The second kappa shape index (κ2) is 8.11. The number of hydrogen-bond acceptors (Lipinski definition) is 6. The largest absolute Gasteiger partial charge is 0.444 e. The van der Waals surface area contributed by atoms with Crippen LogP contribution in [0.1, 0.15) is 32.3 Å². The molecule has 0 radical (unpaired) electrons. The summed E-state index contributed by atoms with van der Waals surface area (Å²) in [5, 5.41) is 11.4. The molecule has 4 rings (SSSR count). The van der Waals surface area contributed by atoms with E-state index in [4.69, 9.17) is 4.74 Å². The van der Waals surface area contributed by atoms with Crippen LogP contribution in [-0.4, -0.2) is 60.4 Å². The van der Waals surface area contributed by atoms with Gasteiger partial charge >= 0.3 is 6.09 Å². The lowest BCUT2D eigenvalue weighted by atomic mass is 9.70. The summed E-state index contributed by atoms with van der Waals surface area (Å²) in [7, 11) is -4.06. The lowest BCUT2D eigenvalue weighted by molar-refractivity contribution is -0.387. The highest BCUT2D eigenvalue weighted by Crippen LogP contribution is 2.51. The molecule has 0 N–H and O–H groups in total. The fraction of sp³-hybridized carbons (Fsp3) is 0.435. The molecule has 2 aliphatic heterocycles. The number of sulfonamides is 1. The smallest absolute Gasteiger partial charge is 0.410 e. The highest BCUT2D eigenvalue weighted by Gasteiger charge is 2.59. The minimum absolute atomic E-state index is 0.0802. The summed E-state index contributed by atoms with van der Waals surface area (Å²) in [6, 6.07) is 15.1. The number of nitro groups is 1. The summed E-state index contributed by atoms with van der Waals surface area (Å²) >= 11 is 0. The van der Waals surface area contributed by atoms with Crippen molar-refractivity contribution >= 4 is 21.8 Å². The summed E-state index contributed by atoms with van der Waals surface area (Å²) in [5.41, 5.74) is -0.559. The number of ether oxygens (including phenoxy) is 1. The molecule has 2 aliphatic rings. The minimum Gasteiger partial charge on any atom is -0.444 e. The normalized spacial score (nSPS) is 20.5. The maximum Gasteiger partial charge on any atom is 0.410 e. The second-order valence-corrected chi connectivity index (χ2v) is 11.6. The highest BCUT2D eigenvalue weighted by molar-refractivity contribution is 7.89. The van der Waals surface area contributed by atoms with E-state index < -0.39 is 37.7 Å². The van der Waals surface area contributed by atoms with Gasteiger partial charge in [0.1, 0.15) is 5.60 Å². The van der Waals surface area contributed by atoms with E-state index in [0.29, 0.717) is 13.1 Å². The average Bonchev–Trinajstić information content (AvgIpc) is 3.13. The van der Waals surface area contributed by atoms with Gasteiger partial charge in [-0.1, -0.05) is 42.5 Å². The van der Waals surface area contributed by atoms with Gasteiger partial charge in [-0.2, -0.15) is 4.31 Å². The standard InChI is InChI=1S/C23H27N3O6S/c1-22(2,3)32-21(27)24-13-18(17-9-5-4-6-10-17)23(14-24)15-25(16-23)33(30,31)20-12-8-7-11-19(20)26(28)29/h4-12,18H,13-16H2,1-3H3/t18-/m0/s1. The van der Waals surface area contributed by atoms with E-state index in [0.717, 1.165) is 5.56 Å². The lowest BCUT2D eigenvalue weighted by Crippen LogP contribution is -2.61. The number of nitro benzene ring substituents is 1. The third-order valence-corrected chi connectivity index (χ3v) is 8.00. The maximum atomic E-state index is 13.2. The van der Waals surface area contributed by atoms with Crippen LogP contribution in [0.3, 0.4) is 0 Å². The third kappa shape index (κ3) is 4.32. The monoisotopic (exact) mass is 473 g/mol. The molecule has 2 aromatic carbocycles. The summed E-state index contributed by atoms with van der Waals surface area (Å²) in [4.78, 5) is 24.8. The van der Waals surface area contributed by atoms with Crippen molar-refractivity contribution in [2.24, 2.45) is 5.41 Å². The van der Waals surface area contributed by atoms with Crippen molar-refractivity contribution in [2.45, 2.75) is 37.2 Å². The Morgan fingerprint density at radius 1 is 1.06 bits per heavy atom. The van der Waals surface area contributed by atoms with Crippen LogP contribution in [0, 0.1) is 15.5 Å². The van der Waals surface area contributed by atoms with Crippen LogP contribution in [0.5, 0.6) is 0 Å². The molecular formula is C23H27N3O6S. The van der Waals surface area contributed by atoms with Gasteiger partial charge in [0, 0.05) is 43.6 Å². The molecule has 2 heterocycles. The van der Waals surface area contributed by atoms with Crippen molar-refractivity contribution in [2.75, 3.05) is 26.2 Å². The SMILES string of the molecule is CC(C)(C)OC(=O)N1C[C@@H](c2ccccc2)C2(C1)CN(S(=O)(=O)c1ccccc1[N+](=O)[O-])C2. The van der Waals surface area contributed by atoms with E-state index in [1.54, 1.807) is 25.7 Å². The van der Waals surface area contributed by atoms with Gasteiger partial charge in [0.2, 0.25) is 10.0 Å². The maximum absolute atomic E-state index is 13.2. The van der Waals surface area contributed by atoms with Gasteiger partial charge in [0.25, 0.3) is 5.69 Å². The Morgan fingerprint density at radius 2 is 1.67 bits per heavy atom. The van der Waals surface area contributed by atoms with Crippen LogP contribution >= 0.6 is 0 Å². The number of benzene rings is 2. The van der Waals surface area contributed by atoms with Crippen molar-refractivity contribution in [1.29, 1.82) is 0 Å². The second-order valence-electron chi connectivity index (χ2n) is 9.68. The Balaban J connectivity index is 1.62. The molecule has 0 bridgehead atoms. The van der Waals surface area contributed by atoms with Crippen molar-refractivity contribution in [3.63, 3.8) is 0 Å². The Hall–Kier alpha value is -2.98. The molecule has 176 valence electrons. The van der Waals surface area contributed by atoms with E-state index in [2.05, 4.69) is 0 Å². The van der Waals surface area contributed by atoms with Gasteiger partial charge < -0.3 is 9.64 Å². The van der Waals surface area contributed by atoms with Gasteiger partial charge in [-0.25, -0.2) is 13.2 Å². The highest BCUT2D eigenvalue weighted by atomic mass is 32.2.